The maximum absolute atomic E-state index is 10.6. The molecule has 3 heteroatoms. The molecule has 3 rings (SSSR count). The standard InChI is InChI=1S/C18H19NO2/c20-18(21)11-8-14-6-9-17(10-7-14)19-12-16(13-19)15-4-2-1-3-5-15/h1-7,9-10,16H,8,11-13H2,(H,20,21). The van der Waals surface area contributed by atoms with Crippen LogP contribution in [0.4, 0.5) is 5.69 Å². The van der Waals surface area contributed by atoms with Crippen molar-refractivity contribution in [3.63, 3.8) is 0 Å². The molecule has 0 atom stereocenters. The molecular formula is C18H19NO2. The summed E-state index contributed by atoms with van der Waals surface area (Å²) in [5.74, 6) is -0.120. The average molecular weight is 281 g/mol. The van der Waals surface area contributed by atoms with E-state index < -0.39 is 5.97 Å². The van der Waals surface area contributed by atoms with Gasteiger partial charge < -0.3 is 10.0 Å². The van der Waals surface area contributed by atoms with Gasteiger partial charge >= 0.3 is 5.97 Å². The normalized spacial score (nSPS) is 14.8. The highest BCUT2D eigenvalue weighted by atomic mass is 16.4. The molecule has 1 heterocycles. The summed E-state index contributed by atoms with van der Waals surface area (Å²) in [6.07, 6.45) is 0.793. The fourth-order valence-corrected chi connectivity index (χ4v) is 2.75. The first-order valence-electron chi connectivity index (χ1n) is 7.33. The van der Waals surface area contributed by atoms with Crippen LogP contribution in [0.3, 0.4) is 0 Å². The fourth-order valence-electron chi connectivity index (χ4n) is 2.75. The summed E-state index contributed by atoms with van der Waals surface area (Å²) in [6, 6.07) is 18.9. The Hall–Kier alpha value is -2.29. The van der Waals surface area contributed by atoms with Crippen molar-refractivity contribution in [2.75, 3.05) is 18.0 Å². The molecule has 1 aliphatic heterocycles. The van der Waals surface area contributed by atoms with Gasteiger partial charge in [0.05, 0.1) is 0 Å². The third-order valence-electron chi connectivity index (χ3n) is 4.08. The molecule has 0 radical (unpaired) electrons. The number of aryl methyl sites for hydroxylation is 1. The van der Waals surface area contributed by atoms with Gasteiger partial charge in [0.2, 0.25) is 0 Å². The second-order valence-corrected chi connectivity index (χ2v) is 5.57. The van der Waals surface area contributed by atoms with Gasteiger partial charge in [0.1, 0.15) is 0 Å². The number of hydrogen-bond acceptors (Lipinski definition) is 2. The lowest BCUT2D eigenvalue weighted by atomic mass is 9.91. The van der Waals surface area contributed by atoms with Crippen LogP contribution in [0, 0.1) is 0 Å². The molecule has 2 aromatic rings. The van der Waals surface area contributed by atoms with Gasteiger partial charge in [-0.3, -0.25) is 4.79 Å². The molecule has 2 aromatic carbocycles. The highest BCUT2D eigenvalue weighted by Crippen LogP contribution is 2.31. The lowest BCUT2D eigenvalue weighted by Gasteiger charge is -2.41. The number of nitrogens with zero attached hydrogens (tertiary/aromatic N) is 1. The lowest BCUT2D eigenvalue weighted by Crippen LogP contribution is -2.44. The van der Waals surface area contributed by atoms with Crippen molar-refractivity contribution in [1.82, 2.24) is 0 Å². The van der Waals surface area contributed by atoms with Crippen molar-refractivity contribution in [3.8, 4) is 0 Å². The van der Waals surface area contributed by atoms with Crippen molar-refractivity contribution in [1.29, 1.82) is 0 Å². The molecule has 0 bridgehead atoms. The van der Waals surface area contributed by atoms with Gasteiger partial charge in [-0.2, -0.15) is 0 Å². The monoisotopic (exact) mass is 281 g/mol. The third kappa shape index (κ3) is 3.24. The van der Waals surface area contributed by atoms with Gasteiger partial charge in [0.25, 0.3) is 0 Å². The number of carboxylic acids is 1. The molecule has 1 saturated heterocycles. The minimum absolute atomic E-state index is 0.194. The second-order valence-electron chi connectivity index (χ2n) is 5.57. The van der Waals surface area contributed by atoms with E-state index in [4.69, 9.17) is 5.11 Å². The molecule has 0 unspecified atom stereocenters. The number of anilines is 1. The summed E-state index contributed by atoms with van der Waals surface area (Å²) in [5.41, 5.74) is 3.72. The van der Waals surface area contributed by atoms with E-state index in [1.165, 1.54) is 11.3 Å². The fraction of sp³-hybridized carbons (Fsp3) is 0.278. The predicted molar refractivity (Wildman–Crippen MR) is 83.8 cm³/mol. The zero-order chi connectivity index (χ0) is 14.7. The number of rotatable bonds is 5. The summed E-state index contributed by atoms with van der Waals surface area (Å²) >= 11 is 0. The van der Waals surface area contributed by atoms with Gasteiger partial charge in [-0.1, -0.05) is 42.5 Å². The number of carbonyl (C=O) groups is 1. The largest absolute Gasteiger partial charge is 0.481 e. The van der Waals surface area contributed by atoms with Crippen LogP contribution in [0.15, 0.2) is 54.6 Å². The van der Waals surface area contributed by atoms with Crippen LogP contribution in [0.1, 0.15) is 23.5 Å². The molecule has 108 valence electrons. The highest BCUT2D eigenvalue weighted by molar-refractivity contribution is 5.67. The molecule has 3 nitrogen and oxygen atoms in total. The van der Waals surface area contributed by atoms with E-state index in [0.29, 0.717) is 12.3 Å². The maximum Gasteiger partial charge on any atom is 0.303 e. The summed E-state index contributed by atoms with van der Waals surface area (Å²) < 4.78 is 0. The van der Waals surface area contributed by atoms with E-state index in [-0.39, 0.29) is 6.42 Å². The first-order valence-corrected chi connectivity index (χ1v) is 7.33. The molecule has 1 N–H and O–H groups in total. The Morgan fingerprint density at radius 1 is 1.05 bits per heavy atom. The molecule has 0 saturated carbocycles. The quantitative estimate of drug-likeness (QED) is 0.914. The van der Waals surface area contributed by atoms with E-state index in [1.807, 2.05) is 12.1 Å². The molecule has 1 aliphatic rings. The van der Waals surface area contributed by atoms with Gasteiger partial charge in [-0.05, 0) is 29.7 Å². The highest BCUT2D eigenvalue weighted by Gasteiger charge is 2.27. The van der Waals surface area contributed by atoms with Crippen LogP contribution >= 0.6 is 0 Å². The summed E-state index contributed by atoms with van der Waals surface area (Å²) in [7, 11) is 0. The Bertz CT molecular complexity index is 601. The Morgan fingerprint density at radius 3 is 2.33 bits per heavy atom. The lowest BCUT2D eigenvalue weighted by molar-refractivity contribution is -0.136. The average Bonchev–Trinajstić information content (AvgIpc) is 2.46. The van der Waals surface area contributed by atoms with Crippen molar-refractivity contribution in [2.45, 2.75) is 18.8 Å². The Labute approximate surface area is 124 Å². The molecule has 0 amide bonds. The second kappa shape index (κ2) is 6.00. The van der Waals surface area contributed by atoms with Crippen LogP contribution in [0.2, 0.25) is 0 Å². The number of carboxylic acid groups (broad SMARTS) is 1. The number of hydrogen-bond donors (Lipinski definition) is 1. The number of benzene rings is 2. The van der Waals surface area contributed by atoms with E-state index in [9.17, 15) is 4.79 Å². The first-order chi connectivity index (χ1) is 10.2. The van der Waals surface area contributed by atoms with E-state index in [2.05, 4.69) is 47.4 Å². The Balaban J connectivity index is 1.56. The van der Waals surface area contributed by atoms with Gasteiger partial charge in [-0.15, -0.1) is 0 Å². The number of aliphatic carboxylic acids is 1. The molecule has 0 aromatic heterocycles. The van der Waals surface area contributed by atoms with Gasteiger partial charge in [0, 0.05) is 31.1 Å². The van der Waals surface area contributed by atoms with Crippen molar-refractivity contribution < 1.29 is 9.90 Å². The van der Waals surface area contributed by atoms with Crippen LogP contribution < -0.4 is 4.90 Å². The summed E-state index contributed by atoms with van der Waals surface area (Å²) in [4.78, 5) is 12.9. The van der Waals surface area contributed by atoms with Crippen LogP contribution in [-0.2, 0) is 11.2 Å². The molecule has 0 aliphatic carbocycles. The smallest absolute Gasteiger partial charge is 0.303 e. The van der Waals surface area contributed by atoms with Crippen LogP contribution in [0.25, 0.3) is 0 Å². The summed E-state index contributed by atoms with van der Waals surface area (Å²) in [5, 5.41) is 8.69. The third-order valence-corrected chi connectivity index (χ3v) is 4.08. The minimum atomic E-state index is -0.743. The van der Waals surface area contributed by atoms with Crippen molar-refractivity contribution in [3.05, 3.63) is 65.7 Å². The van der Waals surface area contributed by atoms with E-state index >= 15 is 0 Å². The Kier molecular flexibility index (Phi) is 3.91. The van der Waals surface area contributed by atoms with Gasteiger partial charge in [0.15, 0.2) is 0 Å². The first kappa shape index (κ1) is 13.7. The molecule has 0 spiro atoms. The zero-order valence-electron chi connectivity index (χ0n) is 11.9. The zero-order valence-corrected chi connectivity index (χ0v) is 11.9. The van der Waals surface area contributed by atoms with Gasteiger partial charge in [-0.25, -0.2) is 0 Å². The predicted octanol–water partition coefficient (Wildman–Crippen LogP) is 3.31. The topological polar surface area (TPSA) is 40.5 Å². The van der Waals surface area contributed by atoms with E-state index in [0.717, 1.165) is 18.7 Å². The Morgan fingerprint density at radius 2 is 1.71 bits per heavy atom. The SMILES string of the molecule is O=C(O)CCc1ccc(N2CC(c3ccccc3)C2)cc1. The van der Waals surface area contributed by atoms with Crippen LogP contribution in [0.5, 0.6) is 0 Å². The molecule has 21 heavy (non-hydrogen) atoms. The minimum Gasteiger partial charge on any atom is -0.481 e. The van der Waals surface area contributed by atoms with Crippen molar-refractivity contribution >= 4 is 11.7 Å². The van der Waals surface area contributed by atoms with E-state index in [1.54, 1.807) is 0 Å². The molecule has 1 fully saturated rings. The van der Waals surface area contributed by atoms with Crippen molar-refractivity contribution in [2.24, 2.45) is 0 Å². The molecular weight excluding hydrogens is 262 g/mol. The van der Waals surface area contributed by atoms with Crippen LogP contribution in [-0.4, -0.2) is 24.2 Å². The maximum atomic E-state index is 10.6. The summed E-state index contributed by atoms with van der Waals surface area (Å²) in [6.45, 7) is 2.11.